The number of rotatable bonds is 2. The molecule has 2 atom stereocenters. The zero-order valence-corrected chi connectivity index (χ0v) is 10.7. The lowest BCUT2D eigenvalue weighted by Crippen LogP contribution is -2.61. The minimum Gasteiger partial charge on any atom is -0.381 e. The Bertz CT molecular complexity index is 226. The van der Waals surface area contributed by atoms with E-state index in [4.69, 9.17) is 10.5 Å². The SMILES string of the molecule is CC1CCC(C)N(C2(CN)CCOCC2)C1. The van der Waals surface area contributed by atoms with E-state index in [0.717, 1.165) is 38.5 Å². The Morgan fingerprint density at radius 2 is 1.94 bits per heavy atom. The smallest absolute Gasteiger partial charge is 0.0484 e. The predicted octanol–water partition coefficient (Wildman–Crippen LogP) is 1.61. The lowest BCUT2D eigenvalue weighted by Gasteiger charge is -2.51. The number of likely N-dealkylation sites (tertiary alicyclic amines) is 1. The van der Waals surface area contributed by atoms with E-state index in [9.17, 15) is 0 Å². The molecular formula is C13H26N2O. The summed E-state index contributed by atoms with van der Waals surface area (Å²) in [7, 11) is 0. The molecule has 0 aromatic heterocycles. The molecule has 0 saturated carbocycles. The second-order valence-corrected chi connectivity index (χ2v) is 5.72. The maximum Gasteiger partial charge on any atom is 0.0484 e. The average molecular weight is 226 g/mol. The Kier molecular flexibility index (Phi) is 3.88. The number of piperidine rings is 1. The number of hydrogen-bond donors (Lipinski definition) is 1. The van der Waals surface area contributed by atoms with Crippen molar-refractivity contribution in [3.63, 3.8) is 0 Å². The summed E-state index contributed by atoms with van der Waals surface area (Å²) in [5, 5.41) is 0. The van der Waals surface area contributed by atoms with Gasteiger partial charge in [-0.25, -0.2) is 0 Å². The summed E-state index contributed by atoms with van der Waals surface area (Å²) < 4.78 is 5.50. The second-order valence-electron chi connectivity index (χ2n) is 5.72. The van der Waals surface area contributed by atoms with E-state index < -0.39 is 0 Å². The highest BCUT2D eigenvalue weighted by molar-refractivity contribution is 4.97. The van der Waals surface area contributed by atoms with Crippen LogP contribution in [-0.2, 0) is 4.74 Å². The Hall–Kier alpha value is -0.120. The van der Waals surface area contributed by atoms with Gasteiger partial charge >= 0.3 is 0 Å². The Morgan fingerprint density at radius 1 is 1.25 bits per heavy atom. The van der Waals surface area contributed by atoms with Crippen LogP contribution in [0.4, 0.5) is 0 Å². The van der Waals surface area contributed by atoms with E-state index in [2.05, 4.69) is 18.7 Å². The molecule has 2 N–H and O–H groups in total. The van der Waals surface area contributed by atoms with E-state index >= 15 is 0 Å². The van der Waals surface area contributed by atoms with Crippen molar-refractivity contribution in [3.8, 4) is 0 Å². The highest BCUT2D eigenvalue weighted by Gasteiger charge is 2.41. The summed E-state index contributed by atoms with van der Waals surface area (Å²) in [6, 6.07) is 0.692. The van der Waals surface area contributed by atoms with Crippen molar-refractivity contribution >= 4 is 0 Å². The van der Waals surface area contributed by atoms with Crippen LogP contribution in [0.25, 0.3) is 0 Å². The van der Waals surface area contributed by atoms with Crippen molar-refractivity contribution in [2.45, 2.75) is 51.1 Å². The molecule has 0 aliphatic carbocycles. The molecule has 16 heavy (non-hydrogen) atoms. The maximum absolute atomic E-state index is 6.08. The first-order valence-electron chi connectivity index (χ1n) is 6.72. The molecule has 2 fully saturated rings. The first kappa shape index (κ1) is 12.3. The van der Waals surface area contributed by atoms with E-state index in [-0.39, 0.29) is 5.54 Å². The molecule has 0 aromatic rings. The van der Waals surface area contributed by atoms with Gasteiger partial charge in [0.2, 0.25) is 0 Å². The Labute approximate surface area is 99.3 Å². The molecule has 0 bridgehead atoms. The molecule has 2 heterocycles. The molecule has 0 amide bonds. The molecule has 94 valence electrons. The van der Waals surface area contributed by atoms with Crippen LogP contribution in [-0.4, -0.2) is 42.8 Å². The van der Waals surface area contributed by atoms with Gasteiger partial charge in [-0.15, -0.1) is 0 Å². The van der Waals surface area contributed by atoms with Gasteiger partial charge in [0.15, 0.2) is 0 Å². The fraction of sp³-hybridized carbons (Fsp3) is 1.00. The van der Waals surface area contributed by atoms with E-state index in [1.165, 1.54) is 19.4 Å². The molecule has 0 spiro atoms. The third kappa shape index (κ3) is 2.27. The van der Waals surface area contributed by atoms with Crippen LogP contribution in [0.1, 0.15) is 39.5 Å². The molecule has 2 aliphatic rings. The minimum absolute atomic E-state index is 0.229. The van der Waals surface area contributed by atoms with Gasteiger partial charge in [-0.1, -0.05) is 6.92 Å². The lowest BCUT2D eigenvalue weighted by atomic mass is 9.82. The van der Waals surface area contributed by atoms with Crippen molar-refractivity contribution in [2.75, 3.05) is 26.3 Å². The second kappa shape index (κ2) is 5.03. The number of ether oxygens (including phenoxy) is 1. The zero-order chi connectivity index (χ0) is 11.6. The molecule has 0 radical (unpaired) electrons. The number of nitrogens with zero attached hydrogens (tertiary/aromatic N) is 1. The number of hydrogen-bond acceptors (Lipinski definition) is 3. The summed E-state index contributed by atoms with van der Waals surface area (Å²) in [6.45, 7) is 8.50. The summed E-state index contributed by atoms with van der Waals surface area (Å²) in [6.07, 6.45) is 4.92. The fourth-order valence-corrected chi connectivity index (χ4v) is 3.31. The Balaban J connectivity index is 2.11. The first-order valence-corrected chi connectivity index (χ1v) is 6.72. The third-order valence-corrected chi connectivity index (χ3v) is 4.53. The van der Waals surface area contributed by atoms with Crippen LogP contribution in [0, 0.1) is 5.92 Å². The van der Waals surface area contributed by atoms with Gasteiger partial charge in [0, 0.05) is 37.9 Å². The van der Waals surface area contributed by atoms with Crippen molar-refractivity contribution < 1.29 is 4.74 Å². The quantitative estimate of drug-likeness (QED) is 0.777. The fourth-order valence-electron chi connectivity index (χ4n) is 3.31. The normalized spacial score (nSPS) is 36.2. The molecule has 2 saturated heterocycles. The van der Waals surface area contributed by atoms with Crippen LogP contribution in [0.15, 0.2) is 0 Å². The van der Waals surface area contributed by atoms with Crippen LogP contribution in [0.3, 0.4) is 0 Å². The van der Waals surface area contributed by atoms with Crippen molar-refractivity contribution in [1.82, 2.24) is 4.90 Å². The molecule has 2 aliphatic heterocycles. The monoisotopic (exact) mass is 226 g/mol. The molecule has 3 heteroatoms. The van der Waals surface area contributed by atoms with Crippen molar-refractivity contribution in [3.05, 3.63) is 0 Å². The van der Waals surface area contributed by atoms with Crippen LogP contribution in [0.5, 0.6) is 0 Å². The standard InChI is InChI=1S/C13H26N2O/c1-11-3-4-12(2)15(9-11)13(10-14)5-7-16-8-6-13/h11-12H,3-10,14H2,1-2H3. The average Bonchev–Trinajstić information content (AvgIpc) is 2.33. The topological polar surface area (TPSA) is 38.5 Å². The lowest BCUT2D eigenvalue weighted by molar-refractivity contribution is -0.0600. The molecule has 2 rings (SSSR count). The van der Waals surface area contributed by atoms with Crippen LogP contribution in [0.2, 0.25) is 0 Å². The van der Waals surface area contributed by atoms with E-state index in [1.54, 1.807) is 0 Å². The zero-order valence-electron chi connectivity index (χ0n) is 10.7. The van der Waals surface area contributed by atoms with Crippen molar-refractivity contribution in [2.24, 2.45) is 11.7 Å². The summed E-state index contributed by atoms with van der Waals surface area (Å²) >= 11 is 0. The van der Waals surface area contributed by atoms with Gasteiger partial charge in [-0.3, -0.25) is 4.90 Å². The van der Waals surface area contributed by atoms with E-state index in [1.807, 2.05) is 0 Å². The number of nitrogens with two attached hydrogens (primary N) is 1. The Morgan fingerprint density at radius 3 is 2.56 bits per heavy atom. The summed E-state index contributed by atoms with van der Waals surface area (Å²) in [5.41, 5.74) is 6.31. The van der Waals surface area contributed by atoms with Crippen LogP contribution < -0.4 is 5.73 Å². The summed E-state index contributed by atoms with van der Waals surface area (Å²) in [5.74, 6) is 0.822. The highest BCUT2D eigenvalue weighted by atomic mass is 16.5. The van der Waals surface area contributed by atoms with Gasteiger partial charge in [-0.2, -0.15) is 0 Å². The third-order valence-electron chi connectivity index (χ3n) is 4.53. The molecule has 2 unspecified atom stereocenters. The van der Waals surface area contributed by atoms with Crippen molar-refractivity contribution in [1.29, 1.82) is 0 Å². The molecular weight excluding hydrogens is 200 g/mol. The first-order chi connectivity index (χ1) is 7.68. The largest absolute Gasteiger partial charge is 0.381 e. The van der Waals surface area contributed by atoms with Gasteiger partial charge in [0.05, 0.1) is 0 Å². The predicted molar refractivity (Wildman–Crippen MR) is 66.4 cm³/mol. The molecule has 3 nitrogen and oxygen atoms in total. The minimum atomic E-state index is 0.229. The van der Waals surface area contributed by atoms with Gasteiger partial charge in [0.1, 0.15) is 0 Å². The highest BCUT2D eigenvalue weighted by Crippen LogP contribution is 2.34. The molecule has 0 aromatic carbocycles. The maximum atomic E-state index is 6.08. The van der Waals surface area contributed by atoms with E-state index in [0.29, 0.717) is 6.04 Å². The summed E-state index contributed by atoms with van der Waals surface area (Å²) in [4.78, 5) is 2.68. The van der Waals surface area contributed by atoms with Gasteiger partial charge in [0.25, 0.3) is 0 Å². The van der Waals surface area contributed by atoms with Gasteiger partial charge in [-0.05, 0) is 38.5 Å². The van der Waals surface area contributed by atoms with Crippen LogP contribution >= 0.6 is 0 Å². The van der Waals surface area contributed by atoms with Gasteiger partial charge < -0.3 is 10.5 Å².